The van der Waals surface area contributed by atoms with Crippen LogP contribution in [0.4, 0.5) is 0 Å². The largest absolute Gasteiger partial charge is 0.454 e. The van der Waals surface area contributed by atoms with Crippen LogP contribution < -0.4 is 9.47 Å². The van der Waals surface area contributed by atoms with Crippen LogP contribution in [0.5, 0.6) is 11.5 Å². The zero-order valence-corrected chi connectivity index (χ0v) is 12.4. The normalized spacial score (nSPS) is 17.3. The summed E-state index contributed by atoms with van der Waals surface area (Å²) in [5, 5.41) is 0. The molecule has 0 aromatic heterocycles. The second kappa shape index (κ2) is 5.28. The van der Waals surface area contributed by atoms with E-state index >= 15 is 0 Å². The monoisotopic (exact) mass is 307 g/mol. The number of aryl methyl sites for hydroxylation is 1. The number of benzene rings is 2. The van der Waals surface area contributed by atoms with Gasteiger partial charge < -0.3 is 14.2 Å². The van der Waals surface area contributed by atoms with E-state index in [1.165, 1.54) is 0 Å². The number of hydrogen-bond donors (Lipinski definition) is 0. The molecule has 2 aromatic rings. The summed E-state index contributed by atoms with van der Waals surface area (Å²) < 4.78 is 15.9. The number of esters is 1. The van der Waals surface area contributed by atoms with Crippen LogP contribution in [-0.2, 0) is 9.53 Å². The second-order valence-corrected chi connectivity index (χ2v) is 5.32. The Morgan fingerprint density at radius 1 is 1.09 bits per heavy atom. The van der Waals surface area contributed by atoms with Crippen LogP contribution in [0.2, 0.25) is 0 Å². The molecule has 0 saturated heterocycles. The van der Waals surface area contributed by atoms with Crippen molar-refractivity contribution >= 4 is 17.9 Å². The summed E-state index contributed by atoms with van der Waals surface area (Å²) in [5.41, 5.74) is 2.98. The molecule has 0 saturated carbocycles. The van der Waals surface area contributed by atoms with Gasteiger partial charge in [0.05, 0.1) is 0 Å². The Hall–Kier alpha value is -3.08. The van der Waals surface area contributed by atoms with E-state index in [4.69, 9.17) is 14.2 Å². The average molecular weight is 307 g/mol. The molecule has 0 fully saturated rings. The number of carbonyl (C=O) groups is 1. The van der Waals surface area contributed by atoms with Crippen molar-refractivity contribution in [2.75, 3.05) is 6.79 Å². The highest BCUT2D eigenvalue weighted by Gasteiger charge is 2.25. The molecular formula is C18H13NO4. The lowest BCUT2D eigenvalue weighted by atomic mass is 10.1. The van der Waals surface area contributed by atoms with Gasteiger partial charge in [-0.2, -0.15) is 0 Å². The second-order valence-electron chi connectivity index (χ2n) is 5.32. The maximum Gasteiger partial charge on any atom is 0.363 e. The van der Waals surface area contributed by atoms with Crippen molar-refractivity contribution in [1.29, 1.82) is 0 Å². The smallest absolute Gasteiger partial charge is 0.363 e. The van der Waals surface area contributed by atoms with Crippen molar-refractivity contribution < 1.29 is 19.0 Å². The lowest BCUT2D eigenvalue weighted by Gasteiger charge is -2.01. The topological polar surface area (TPSA) is 57.1 Å². The van der Waals surface area contributed by atoms with E-state index in [1.54, 1.807) is 24.3 Å². The SMILES string of the molecule is Cc1cccc(C=C2N=C(c3ccc4c(c3)OCO4)OC2=O)c1. The van der Waals surface area contributed by atoms with Gasteiger partial charge in [0, 0.05) is 5.56 Å². The zero-order valence-electron chi connectivity index (χ0n) is 12.4. The molecule has 4 rings (SSSR count). The maximum atomic E-state index is 12.0. The molecule has 0 spiro atoms. The van der Waals surface area contributed by atoms with E-state index in [9.17, 15) is 4.79 Å². The first kappa shape index (κ1) is 13.6. The molecule has 2 aliphatic heterocycles. The summed E-state index contributed by atoms with van der Waals surface area (Å²) in [6.45, 7) is 2.19. The van der Waals surface area contributed by atoms with E-state index in [2.05, 4.69) is 4.99 Å². The summed E-state index contributed by atoms with van der Waals surface area (Å²) in [5.74, 6) is 1.11. The van der Waals surface area contributed by atoms with Gasteiger partial charge in [-0.3, -0.25) is 0 Å². The van der Waals surface area contributed by atoms with E-state index in [1.807, 2.05) is 31.2 Å². The number of carbonyl (C=O) groups excluding carboxylic acids is 1. The minimum atomic E-state index is -0.459. The number of fused-ring (bicyclic) bond motifs is 1. The molecule has 5 heteroatoms. The lowest BCUT2D eigenvalue weighted by Crippen LogP contribution is -2.05. The van der Waals surface area contributed by atoms with Crippen molar-refractivity contribution in [3.8, 4) is 11.5 Å². The van der Waals surface area contributed by atoms with Crippen LogP contribution >= 0.6 is 0 Å². The van der Waals surface area contributed by atoms with Crippen molar-refractivity contribution in [3.63, 3.8) is 0 Å². The van der Waals surface area contributed by atoms with Crippen molar-refractivity contribution in [1.82, 2.24) is 0 Å². The quantitative estimate of drug-likeness (QED) is 0.632. The van der Waals surface area contributed by atoms with Gasteiger partial charge in [0.25, 0.3) is 0 Å². The molecule has 0 radical (unpaired) electrons. The fraction of sp³-hybridized carbons (Fsp3) is 0.111. The van der Waals surface area contributed by atoms with Crippen LogP contribution in [0.15, 0.2) is 53.2 Å². The Labute approximate surface area is 132 Å². The van der Waals surface area contributed by atoms with Crippen LogP contribution in [0.25, 0.3) is 6.08 Å². The van der Waals surface area contributed by atoms with Gasteiger partial charge in [0.2, 0.25) is 12.7 Å². The highest BCUT2D eigenvalue weighted by molar-refractivity contribution is 6.13. The van der Waals surface area contributed by atoms with E-state index in [-0.39, 0.29) is 18.4 Å². The van der Waals surface area contributed by atoms with Crippen LogP contribution in [0.3, 0.4) is 0 Å². The first-order valence-electron chi connectivity index (χ1n) is 7.18. The summed E-state index contributed by atoms with van der Waals surface area (Å²) >= 11 is 0. The Balaban J connectivity index is 1.67. The molecule has 23 heavy (non-hydrogen) atoms. The molecule has 2 aliphatic rings. The minimum Gasteiger partial charge on any atom is -0.454 e. The summed E-state index contributed by atoms with van der Waals surface area (Å²) in [4.78, 5) is 16.3. The van der Waals surface area contributed by atoms with Crippen LogP contribution in [0, 0.1) is 6.92 Å². The van der Waals surface area contributed by atoms with Crippen molar-refractivity contribution in [2.24, 2.45) is 4.99 Å². The van der Waals surface area contributed by atoms with E-state index < -0.39 is 5.97 Å². The molecule has 0 aliphatic carbocycles. The number of ether oxygens (including phenoxy) is 3. The molecule has 114 valence electrons. The van der Waals surface area contributed by atoms with E-state index in [0.717, 1.165) is 11.1 Å². The standard InChI is InChI=1S/C18H13NO4/c1-11-3-2-4-12(7-11)8-14-18(20)23-17(19-14)13-5-6-15-16(9-13)22-10-21-15/h2-9H,10H2,1H3. The Morgan fingerprint density at radius 3 is 2.83 bits per heavy atom. The summed E-state index contributed by atoms with van der Waals surface area (Å²) in [7, 11) is 0. The van der Waals surface area contributed by atoms with Gasteiger partial charge in [-0.15, -0.1) is 0 Å². The maximum absolute atomic E-state index is 12.0. The fourth-order valence-electron chi connectivity index (χ4n) is 2.48. The zero-order chi connectivity index (χ0) is 15.8. The summed E-state index contributed by atoms with van der Waals surface area (Å²) in [6, 6.07) is 13.1. The lowest BCUT2D eigenvalue weighted by molar-refractivity contribution is -0.129. The summed E-state index contributed by atoms with van der Waals surface area (Å²) in [6.07, 6.45) is 1.72. The number of aliphatic imine (C=N–C) groups is 1. The Bertz CT molecular complexity index is 867. The van der Waals surface area contributed by atoms with E-state index in [0.29, 0.717) is 17.1 Å². The number of rotatable bonds is 2. The number of cyclic esters (lactones) is 1. The van der Waals surface area contributed by atoms with Gasteiger partial charge in [-0.25, -0.2) is 9.79 Å². The molecule has 2 aromatic carbocycles. The highest BCUT2D eigenvalue weighted by Crippen LogP contribution is 2.33. The third-order valence-corrected chi connectivity index (χ3v) is 3.59. The minimum absolute atomic E-state index is 0.198. The predicted molar refractivity (Wildman–Crippen MR) is 84.4 cm³/mol. The van der Waals surface area contributed by atoms with Gasteiger partial charge in [-0.05, 0) is 36.8 Å². The average Bonchev–Trinajstić information content (AvgIpc) is 3.14. The third kappa shape index (κ3) is 2.57. The fourth-order valence-corrected chi connectivity index (χ4v) is 2.48. The molecule has 0 bridgehead atoms. The van der Waals surface area contributed by atoms with Gasteiger partial charge in [-0.1, -0.05) is 29.8 Å². The number of nitrogens with zero attached hydrogens (tertiary/aromatic N) is 1. The Kier molecular flexibility index (Phi) is 3.12. The van der Waals surface area contributed by atoms with Crippen molar-refractivity contribution in [3.05, 3.63) is 64.9 Å². The van der Waals surface area contributed by atoms with Gasteiger partial charge >= 0.3 is 5.97 Å². The van der Waals surface area contributed by atoms with Gasteiger partial charge in [0.1, 0.15) is 0 Å². The molecule has 0 atom stereocenters. The van der Waals surface area contributed by atoms with Gasteiger partial charge in [0.15, 0.2) is 17.2 Å². The molecule has 0 N–H and O–H groups in total. The molecule has 0 amide bonds. The first-order valence-corrected chi connectivity index (χ1v) is 7.18. The highest BCUT2D eigenvalue weighted by atomic mass is 16.7. The Morgan fingerprint density at radius 2 is 1.96 bits per heavy atom. The van der Waals surface area contributed by atoms with Crippen molar-refractivity contribution in [2.45, 2.75) is 6.92 Å². The molecule has 2 heterocycles. The van der Waals surface area contributed by atoms with Crippen LogP contribution in [0.1, 0.15) is 16.7 Å². The first-order chi connectivity index (χ1) is 11.2. The molecular weight excluding hydrogens is 294 g/mol. The molecule has 0 unspecified atom stereocenters. The number of hydrogen-bond acceptors (Lipinski definition) is 5. The molecule has 5 nitrogen and oxygen atoms in total. The third-order valence-electron chi connectivity index (χ3n) is 3.59. The predicted octanol–water partition coefficient (Wildman–Crippen LogP) is 3.07. The van der Waals surface area contributed by atoms with Crippen LogP contribution in [-0.4, -0.2) is 18.7 Å².